The van der Waals surface area contributed by atoms with Crippen molar-refractivity contribution in [3.05, 3.63) is 29.8 Å². The topological polar surface area (TPSA) is 151 Å². The average molecular weight is 359 g/mol. The fourth-order valence-electron chi connectivity index (χ4n) is 1.58. The van der Waals surface area contributed by atoms with E-state index in [1.54, 1.807) is 0 Å². The number of sulfone groups is 1. The van der Waals surface area contributed by atoms with Gasteiger partial charge in [-0.2, -0.15) is 4.98 Å². The molecule has 2 rings (SSSR count). The molecule has 0 radical (unpaired) electrons. The molecule has 0 spiro atoms. The number of aromatic nitrogens is 3. The molecule has 10 nitrogen and oxygen atoms in total. The SMILES string of the molecule is CS(=O)(=O)Nc1cccc(C(=O)Nc2n[nH]c(S(C)(=O)=O)n2)c1. The van der Waals surface area contributed by atoms with Crippen LogP contribution in [0.1, 0.15) is 10.4 Å². The predicted octanol–water partition coefficient (Wildman–Crippen LogP) is -0.168. The van der Waals surface area contributed by atoms with Gasteiger partial charge in [0, 0.05) is 17.5 Å². The van der Waals surface area contributed by atoms with Crippen molar-refractivity contribution in [3.8, 4) is 0 Å². The Kier molecular flexibility index (Phi) is 4.38. The second kappa shape index (κ2) is 5.96. The number of carbonyl (C=O) groups is 1. The Morgan fingerprint density at radius 2 is 1.87 bits per heavy atom. The van der Waals surface area contributed by atoms with Crippen LogP contribution in [-0.2, 0) is 19.9 Å². The van der Waals surface area contributed by atoms with Crippen LogP contribution in [0, 0.1) is 0 Å². The molecule has 0 fully saturated rings. The number of aromatic amines is 1. The Bertz CT molecular complexity index is 949. The van der Waals surface area contributed by atoms with Crippen molar-refractivity contribution in [1.82, 2.24) is 15.2 Å². The fourth-order valence-corrected chi connectivity index (χ4v) is 2.60. The van der Waals surface area contributed by atoms with Crippen LogP contribution in [0.25, 0.3) is 0 Å². The molecule has 0 saturated heterocycles. The van der Waals surface area contributed by atoms with Gasteiger partial charge in [0.25, 0.3) is 5.91 Å². The van der Waals surface area contributed by atoms with E-state index in [-0.39, 0.29) is 22.4 Å². The van der Waals surface area contributed by atoms with Gasteiger partial charge in [-0.1, -0.05) is 6.07 Å². The number of hydrogen-bond acceptors (Lipinski definition) is 7. The smallest absolute Gasteiger partial charge is 0.258 e. The number of benzene rings is 1. The summed E-state index contributed by atoms with van der Waals surface area (Å²) in [5.74, 6) is -0.835. The zero-order valence-electron chi connectivity index (χ0n) is 12.1. The third-order valence-electron chi connectivity index (χ3n) is 2.47. The molecule has 0 aliphatic carbocycles. The lowest BCUT2D eigenvalue weighted by molar-refractivity contribution is 0.102. The molecule has 1 aromatic carbocycles. The summed E-state index contributed by atoms with van der Waals surface area (Å²) in [4.78, 5) is 15.7. The number of H-pyrrole nitrogens is 1. The highest BCUT2D eigenvalue weighted by molar-refractivity contribution is 7.92. The summed E-state index contributed by atoms with van der Waals surface area (Å²) in [6.45, 7) is 0. The number of carbonyl (C=O) groups excluding carboxylic acids is 1. The van der Waals surface area contributed by atoms with Crippen LogP contribution in [0.3, 0.4) is 0 Å². The Morgan fingerprint density at radius 3 is 2.43 bits per heavy atom. The number of nitrogens with one attached hydrogen (secondary N) is 3. The summed E-state index contributed by atoms with van der Waals surface area (Å²) in [5.41, 5.74) is 0.358. The van der Waals surface area contributed by atoms with Gasteiger partial charge in [-0.3, -0.25) is 14.8 Å². The minimum Gasteiger partial charge on any atom is -0.289 e. The number of rotatable bonds is 5. The Morgan fingerprint density at radius 1 is 1.17 bits per heavy atom. The van der Waals surface area contributed by atoms with E-state index in [0.29, 0.717) is 0 Å². The molecule has 0 aliphatic rings. The van der Waals surface area contributed by atoms with E-state index in [1.807, 2.05) is 0 Å². The van der Waals surface area contributed by atoms with Crippen LogP contribution < -0.4 is 10.0 Å². The van der Waals surface area contributed by atoms with Gasteiger partial charge in [-0.15, -0.1) is 5.10 Å². The number of amides is 1. The van der Waals surface area contributed by atoms with Gasteiger partial charge in [0.05, 0.1) is 6.26 Å². The van der Waals surface area contributed by atoms with E-state index in [1.165, 1.54) is 24.3 Å². The summed E-state index contributed by atoms with van der Waals surface area (Å²) < 4.78 is 47.1. The van der Waals surface area contributed by atoms with E-state index >= 15 is 0 Å². The second-order valence-electron chi connectivity index (χ2n) is 4.65. The monoisotopic (exact) mass is 359 g/mol. The molecule has 12 heteroatoms. The molecule has 23 heavy (non-hydrogen) atoms. The summed E-state index contributed by atoms with van der Waals surface area (Å²) in [7, 11) is -7.04. The minimum absolute atomic E-state index is 0.143. The second-order valence-corrected chi connectivity index (χ2v) is 8.32. The lowest BCUT2D eigenvalue weighted by Gasteiger charge is -2.06. The van der Waals surface area contributed by atoms with Crippen molar-refractivity contribution in [2.24, 2.45) is 0 Å². The largest absolute Gasteiger partial charge is 0.289 e. The molecule has 124 valence electrons. The zero-order valence-corrected chi connectivity index (χ0v) is 13.7. The van der Waals surface area contributed by atoms with Crippen LogP contribution in [0.5, 0.6) is 0 Å². The highest BCUT2D eigenvalue weighted by Crippen LogP contribution is 2.13. The van der Waals surface area contributed by atoms with Crippen molar-refractivity contribution in [2.45, 2.75) is 5.16 Å². The highest BCUT2D eigenvalue weighted by atomic mass is 32.2. The van der Waals surface area contributed by atoms with E-state index in [0.717, 1.165) is 12.5 Å². The molecule has 2 aromatic rings. The van der Waals surface area contributed by atoms with Crippen LogP contribution in [0.2, 0.25) is 0 Å². The molecule has 0 saturated carbocycles. The molecule has 1 aromatic heterocycles. The molecular weight excluding hydrogens is 346 g/mol. The summed E-state index contributed by atoms with van der Waals surface area (Å²) in [5, 5.41) is 7.69. The third kappa shape index (κ3) is 4.75. The maximum Gasteiger partial charge on any atom is 0.258 e. The number of sulfonamides is 1. The lowest BCUT2D eigenvalue weighted by atomic mass is 10.2. The van der Waals surface area contributed by atoms with Gasteiger partial charge in [0.2, 0.25) is 31.0 Å². The van der Waals surface area contributed by atoms with Crippen molar-refractivity contribution in [3.63, 3.8) is 0 Å². The van der Waals surface area contributed by atoms with Gasteiger partial charge in [0.1, 0.15) is 0 Å². The Balaban J connectivity index is 2.18. The van der Waals surface area contributed by atoms with Crippen molar-refractivity contribution in [2.75, 3.05) is 22.6 Å². The highest BCUT2D eigenvalue weighted by Gasteiger charge is 2.16. The van der Waals surface area contributed by atoms with Crippen LogP contribution in [-0.4, -0.2) is 50.4 Å². The maximum atomic E-state index is 12.1. The molecule has 3 N–H and O–H groups in total. The quantitative estimate of drug-likeness (QED) is 0.670. The Labute approximate surface area is 132 Å². The summed E-state index contributed by atoms with van der Waals surface area (Å²) in [6, 6.07) is 5.74. The average Bonchev–Trinajstić information content (AvgIpc) is 2.85. The standard InChI is InChI=1S/C11H13N5O5S2/c1-22(18,19)11-13-10(14-15-11)12-9(17)7-4-3-5-8(6-7)16-23(2,20)21/h3-6,16H,1-2H3,(H2,12,13,14,15,17). The van der Waals surface area contributed by atoms with Crippen molar-refractivity contribution in [1.29, 1.82) is 0 Å². The lowest BCUT2D eigenvalue weighted by Crippen LogP contribution is -2.14. The Hall–Kier alpha value is -2.47. The van der Waals surface area contributed by atoms with Gasteiger partial charge in [0.15, 0.2) is 0 Å². The first-order valence-corrected chi connectivity index (χ1v) is 9.84. The molecule has 1 amide bonds. The van der Waals surface area contributed by atoms with E-state index in [2.05, 4.69) is 25.2 Å². The van der Waals surface area contributed by atoms with E-state index < -0.39 is 25.8 Å². The number of hydrogen-bond donors (Lipinski definition) is 3. The number of anilines is 2. The number of nitrogens with zero attached hydrogens (tertiary/aromatic N) is 2. The van der Waals surface area contributed by atoms with Crippen molar-refractivity contribution < 1.29 is 21.6 Å². The van der Waals surface area contributed by atoms with Crippen LogP contribution >= 0.6 is 0 Å². The molecule has 0 atom stereocenters. The van der Waals surface area contributed by atoms with Gasteiger partial charge in [-0.05, 0) is 18.2 Å². The van der Waals surface area contributed by atoms with Crippen molar-refractivity contribution >= 4 is 37.4 Å². The van der Waals surface area contributed by atoms with Crippen LogP contribution in [0.4, 0.5) is 11.6 Å². The summed E-state index contributed by atoms with van der Waals surface area (Å²) in [6.07, 6.45) is 1.93. The minimum atomic E-state index is -3.57. The maximum absolute atomic E-state index is 12.1. The molecule has 0 unspecified atom stereocenters. The van der Waals surface area contributed by atoms with Gasteiger partial charge < -0.3 is 0 Å². The van der Waals surface area contributed by atoms with Gasteiger partial charge in [-0.25, -0.2) is 21.9 Å². The predicted molar refractivity (Wildman–Crippen MR) is 82.4 cm³/mol. The first kappa shape index (κ1) is 16.9. The van der Waals surface area contributed by atoms with Crippen LogP contribution in [0.15, 0.2) is 29.4 Å². The van der Waals surface area contributed by atoms with E-state index in [4.69, 9.17) is 0 Å². The van der Waals surface area contributed by atoms with E-state index in [9.17, 15) is 21.6 Å². The third-order valence-corrected chi connectivity index (χ3v) is 3.96. The fraction of sp³-hybridized carbons (Fsp3) is 0.182. The zero-order chi connectivity index (χ0) is 17.3. The summed E-state index contributed by atoms with van der Waals surface area (Å²) >= 11 is 0. The molecule has 0 aliphatic heterocycles. The first-order chi connectivity index (χ1) is 10.5. The molecule has 1 heterocycles. The molecular formula is C11H13N5O5S2. The normalized spacial score (nSPS) is 11.9. The van der Waals surface area contributed by atoms with Gasteiger partial charge >= 0.3 is 0 Å². The molecule has 0 bridgehead atoms. The first-order valence-electron chi connectivity index (χ1n) is 6.06.